The van der Waals surface area contributed by atoms with Crippen LogP contribution in [-0.4, -0.2) is 17.7 Å². The van der Waals surface area contributed by atoms with E-state index in [0.29, 0.717) is 0 Å². The summed E-state index contributed by atoms with van der Waals surface area (Å²) in [6, 6.07) is 0. The summed E-state index contributed by atoms with van der Waals surface area (Å²) in [5.41, 5.74) is 0. The molecule has 1 aliphatic carbocycles. The molecule has 1 aliphatic rings. The van der Waals surface area contributed by atoms with Crippen molar-refractivity contribution >= 4 is 17.7 Å². The Kier molecular flexibility index (Phi) is 10.2. The van der Waals surface area contributed by atoms with Gasteiger partial charge in [0.15, 0.2) is 0 Å². The fraction of sp³-hybridized carbons (Fsp3) is 1.00. The van der Waals surface area contributed by atoms with Gasteiger partial charge in [-0.3, -0.25) is 0 Å². The van der Waals surface area contributed by atoms with Crippen molar-refractivity contribution in [1.82, 2.24) is 0 Å². The monoisotopic (exact) mass is 162 g/mol. The topological polar surface area (TPSA) is 0 Å². The molecular formula is C11H23Li. The van der Waals surface area contributed by atoms with Crippen LogP contribution in [0.5, 0.6) is 0 Å². The number of unbranched alkanes of at least 4 members (excludes halogenated alkanes) is 1. The van der Waals surface area contributed by atoms with Gasteiger partial charge in [0, 0.05) is 0 Å². The second-order valence-corrected chi connectivity index (χ2v) is 4.10. The van der Waals surface area contributed by atoms with Crippen molar-refractivity contribution in [2.45, 2.75) is 63.9 Å². The van der Waals surface area contributed by atoms with Gasteiger partial charge in [-0.15, -0.1) is 0 Å². The van der Waals surface area contributed by atoms with Gasteiger partial charge < -0.3 is 0 Å². The molecule has 0 amide bonds. The maximum atomic E-state index is 2.36. The van der Waals surface area contributed by atoms with Crippen LogP contribution in [0.25, 0.3) is 0 Å². The van der Waals surface area contributed by atoms with Gasteiger partial charge in [0.05, 0.1) is 0 Å². The molecule has 0 radical (unpaired) electrons. The van der Waals surface area contributed by atoms with Crippen molar-refractivity contribution in [1.29, 1.82) is 0 Å². The van der Waals surface area contributed by atoms with Crippen LogP contribution in [0.15, 0.2) is 0 Å². The molecule has 68 valence electrons. The van der Waals surface area contributed by atoms with Gasteiger partial charge in [0.2, 0.25) is 0 Å². The molecular weight excluding hydrogens is 139 g/mol. The molecule has 0 bridgehead atoms. The Hall–Kier alpha value is 0.597. The second kappa shape index (κ2) is 9.68. The van der Waals surface area contributed by atoms with Gasteiger partial charge in [0.25, 0.3) is 0 Å². The van der Waals surface area contributed by atoms with E-state index in [0.717, 1.165) is 5.92 Å². The van der Waals surface area contributed by atoms with Crippen molar-refractivity contribution in [2.75, 3.05) is 0 Å². The Morgan fingerprint density at radius 2 is 1.75 bits per heavy atom. The molecule has 0 N–H and O–H groups in total. The molecule has 0 aliphatic heterocycles. The van der Waals surface area contributed by atoms with E-state index in [4.69, 9.17) is 0 Å². The van der Waals surface area contributed by atoms with Crippen molar-refractivity contribution in [3.63, 3.8) is 0 Å². The van der Waals surface area contributed by atoms with Gasteiger partial charge in [-0.2, -0.15) is 0 Å². The van der Waals surface area contributed by atoms with Crippen LogP contribution in [0.3, 0.4) is 0 Å². The van der Waals surface area contributed by atoms with E-state index < -0.39 is 0 Å². The third-order valence-electron chi connectivity index (χ3n) is 2.60. The summed E-state index contributed by atoms with van der Waals surface area (Å²) in [5, 5.41) is 1.34. The van der Waals surface area contributed by atoms with E-state index in [1.807, 2.05) is 0 Å². The minimum absolute atomic E-state index is 1.04. The molecule has 0 saturated heterocycles. The van der Waals surface area contributed by atoms with Crippen LogP contribution in [0.1, 0.15) is 58.8 Å². The maximum absolute atomic E-state index is 2.36. The molecule has 12 heavy (non-hydrogen) atoms. The average Bonchev–Trinajstić information content (AvgIpc) is 2.08. The molecule has 0 unspecified atom stereocenters. The van der Waals surface area contributed by atoms with E-state index in [9.17, 15) is 0 Å². The Labute approximate surface area is 87.7 Å². The number of hydrogen-bond acceptors (Lipinski definition) is 0. The Morgan fingerprint density at radius 1 is 1.17 bits per heavy atom. The van der Waals surface area contributed by atoms with Crippen molar-refractivity contribution in [2.24, 2.45) is 5.92 Å². The molecule has 0 spiro atoms. The van der Waals surface area contributed by atoms with Crippen LogP contribution in [0, 0.1) is 5.92 Å². The third-order valence-corrected chi connectivity index (χ3v) is 2.60. The molecule has 1 saturated carbocycles. The summed E-state index contributed by atoms with van der Waals surface area (Å²) >= 11 is 2.21. The van der Waals surface area contributed by atoms with E-state index in [-0.39, 0.29) is 0 Å². The van der Waals surface area contributed by atoms with Crippen molar-refractivity contribution in [3.8, 4) is 0 Å². The van der Waals surface area contributed by atoms with Gasteiger partial charge in [0.1, 0.15) is 0 Å². The fourth-order valence-electron chi connectivity index (χ4n) is 1.66. The first-order valence-electron chi connectivity index (χ1n) is 5.81. The second-order valence-electron chi connectivity index (χ2n) is 4.10. The van der Waals surface area contributed by atoms with Crippen LogP contribution in [-0.2, 0) is 0 Å². The Balaban J connectivity index is 0.000000217. The van der Waals surface area contributed by atoms with Gasteiger partial charge >= 0.3 is 42.6 Å². The zero-order chi connectivity index (χ0) is 9.23. The first-order valence-corrected chi connectivity index (χ1v) is 5.81. The summed E-state index contributed by atoms with van der Waals surface area (Å²) < 4.78 is 0. The van der Waals surface area contributed by atoms with Crippen LogP contribution < -0.4 is 0 Å². The van der Waals surface area contributed by atoms with E-state index in [2.05, 4.69) is 31.6 Å². The quantitative estimate of drug-likeness (QED) is 0.539. The molecule has 0 atom stereocenters. The van der Waals surface area contributed by atoms with Crippen molar-refractivity contribution < 1.29 is 0 Å². The average molecular weight is 162 g/mol. The third kappa shape index (κ3) is 8.69. The SMILES string of the molecule is CC1CCCCC1.[Li][CH2]CCC. The zero-order valence-corrected chi connectivity index (χ0v) is 9.23. The van der Waals surface area contributed by atoms with E-state index in [1.165, 1.54) is 50.0 Å². The van der Waals surface area contributed by atoms with Crippen LogP contribution >= 0.6 is 0 Å². The van der Waals surface area contributed by atoms with Crippen LogP contribution in [0.4, 0.5) is 0 Å². The van der Waals surface area contributed by atoms with Gasteiger partial charge in [-0.05, 0) is 5.92 Å². The van der Waals surface area contributed by atoms with E-state index >= 15 is 0 Å². The molecule has 0 aromatic rings. The van der Waals surface area contributed by atoms with Crippen molar-refractivity contribution in [3.05, 3.63) is 0 Å². The molecule has 1 heteroatoms. The molecule has 0 nitrogen and oxygen atoms in total. The first-order chi connectivity index (χ1) is 5.81. The molecule has 1 fully saturated rings. The standard InChI is InChI=1S/C7H14.C4H9.Li/c1-7-5-3-2-4-6-7;1-3-4-2;/h7H,2-6H2,1H3;1,3-4H2,2H3;. The van der Waals surface area contributed by atoms with Gasteiger partial charge in [-0.25, -0.2) is 0 Å². The fourth-order valence-corrected chi connectivity index (χ4v) is 1.66. The molecule has 1 rings (SSSR count). The Morgan fingerprint density at radius 3 is 1.92 bits per heavy atom. The predicted molar refractivity (Wildman–Crippen MR) is 57.7 cm³/mol. The predicted octanol–water partition coefficient (Wildman–Crippen LogP) is 3.96. The van der Waals surface area contributed by atoms with Crippen LogP contribution in [0.2, 0.25) is 5.09 Å². The Bertz CT molecular complexity index is 73.1. The molecule has 0 heterocycles. The van der Waals surface area contributed by atoms with E-state index in [1.54, 1.807) is 0 Å². The number of hydrogen-bond donors (Lipinski definition) is 0. The first kappa shape index (κ1) is 12.6. The molecule has 0 aromatic heterocycles. The summed E-state index contributed by atoms with van der Waals surface area (Å²) in [5.74, 6) is 1.04. The zero-order valence-electron chi connectivity index (χ0n) is 9.23. The summed E-state index contributed by atoms with van der Waals surface area (Å²) in [6.07, 6.45) is 10.2. The molecule has 0 aromatic carbocycles. The summed E-state index contributed by atoms with van der Waals surface area (Å²) in [6.45, 7) is 4.57. The number of rotatable bonds is 2. The minimum atomic E-state index is 1.04. The van der Waals surface area contributed by atoms with Gasteiger partial charge in [-0.1, -0.05) is 39.0 Å². The summed E-state index contributed by atoms with van der Waals surface area (Å²) in [7, 11) is 0. The normalized spacial score (nSPS) is 18.3. The summed E-state index contributed by atoms with van der Waals surface area (Å²) in [4.78, 5) is 0.